The number of nitrogens with one attached hydrogen (secondary N) is 1. The molecule has 1 atom stereocenters. The summed E-state index contributed by atoms with van der Waals surface area (Å²) in [4.78, 5) is 0. The summed E-state index contributed by atoms with van der Waals surface area (Å²) in [6.45, 7) is 9.61. The van der Waals surface area contributed by atoms with Crippen LogP contribution in [0.3, 0.4) is 0 Å². The van der Waals surface area contributed by atoms with Crippen molar-refractivity contribution in [1.82, 2.24) is 0 Å². The van der Waals surface area contributed by atoms with E-state index in [1.165, 1.54) is 16.7 Å². The summed E-state index contributed by atoms with van der Waals surface area (Å²) in [5.41, 5.74) is 5.04. The molecule has 0 aromatic heterocycles. The predicted octanol–water partition coefficient (Wildman–Crippen LogP) is 4.84. The highest BCUT2D eigenvalue weighted by Crippen LogP contribution is 2.37. The molecule has 2 heteroatoms. The summed E-state index contributed by atoms with van der Waals surface area (Å²) in [6, 6.07) is 15.0. The summed E-state index contributed by atoms with van der Waals surface area (Å²) in [6.07, 6.45) is 0.0765. The van der Waals surface area contributed by atoms with E-state index in [0.29, 0.717) is 0 Å². The summed E-state index contributed by atoms with van der Waals surface area (Å²) in [5.74, 6) is 0.980. The van der Waals surface area contributed by atoms with Crippen LogP contribution in [-0.2, 0) is 5.41 Å². The van der Waals surface area contributed by atoms with Gasteiger partial charge in [0.25, 0.3) is 0 Å². The van der Waals surface area contributed by atoms with Crippen LogP contribution in [0.4, 0.5) is 5.69 Å². The highest BCUT2D eigenvalue weighted by Gasteiger charge is 2.22. The molecule has 0 radical (unpaired) electrons. The first kappa shape index (κ1) is 14.0. The molecule has 0 saturated heterocycles. The molecular formula is C19H23NO. The van der Waals surface area contributed by atoms with Crippen LogP contribution in [0.5, 0.6) is 5.75 Å². The summed E-state index contributed by atoms with van der Waals surface area (Å²) in [7, 11) is 0. The minimum atomic E-state index is 0.0765. The van der Waals surface area contributed by atoms with Gasteiger partial charge in [0.2, 0.25) is 0 Å². The number of hydrogen-bond donors (Lipinski definition) is 1. The summed E-state index contributed by atoms with van der Waals surface area (Å²) >= 11 is 0. The zero-order valence-corrected chi connectivity index (χ0v) is 13.2. The molecule has 2 aromatic rings. The van der Waals surface area contributed by atoms with Gasteiger partial charge in [-0.05, 0) is 35.1 Å². The van der Waals surface area contributed by atoms with Crippen molar-refractivity contribution in [2.75, 3.05) is 11.9 Å². The molecule has 3 rings (SSSR count). The highest BCUT2D eigenvalue weighted by atomic mass is 16.5. The van der Waals surface area contributed by atoms with E-state index < -0.39 is 0 Å². The van der Waals surface area contributed by atoms with Gasteiger partial charge in [0.05, 0.1) is 12.2 Å². The lowest BCUT2D eigenvalue weighted by molar-refractivity contribution is 0.209. The molecule has 0 aliphatic carbocycles. The van der Waals surface area contributed by atoms with Crippen LogP contribution >= 0.6 is 0 Å². The van der Waals surface area contributed by atoms with Crippen LogP contribution in [0, 0.1) is 6.92 Å². The van der Waals surface area contributed by atoms with Gasteiger partial charge in [-0.25, -0.2) is 0 Å². The van der Waals surface area contributed by atoms with Crippen molar-refractivity contribution in [3.63, 3.8) is 0 Å². The Morgan fingerprint density at radius 1 is 1.05 bits per heavy atom. The average Bonchev–Trinajstić information content (AvgIpc) is 2.47. The average molecular weight is 281 g/mol. The number of ether oxygens (including phenoxy) is 1. The van der Waals surface area contributed by atoms with Crippen molar-refractivity contribution in [3.05, 3.63) is 59.2 Å². The maximum Gasteiger partial charge on any atom is 0.146 e. The van der Waals surface area contributed by atoms with Crippen molar-refractivity contribution in [1.29, 1.82) is 0 Å². The molecule has 0 amide bonds. The highest BCUT2D eigenvalue weighted by molar-refractivity contribution is 5.61. The van der Waals surface area contributed by atoms with Crippen LogP contribution in [0.15, 0.2) is 42.5 Å². The number of fused-ring (bicyclic) bond motifs is 1. The lowest BCUT2D eigenvalue weighted by Gasteiger charge is -2.29. The molecule has 1 heterocycles. The lowest BCUT2D eigenvalue weighted by atomic mass is 9.86. The minimum Gasteiger partial charge on any atom is -0.481 e. The van der Waals surface area contributed by atoms with Crippen LogP contribution in [0.25, 0.3) is 0 Å². The zero-order valence-electron chi connectivity index (χ0n) is 13.2. The molecule has 1 N–H and O–H groups in total. The van der Waals surface area contributed by atoms with E-state index in [1.807, 2.05) is 0 Å². The van der Waals surface area contributed by atoms with Gasteiger partial charge in [0.15, 0.2) is 0 Å². The second-order valence-corrected chi connectivity index (χ2v) is 6.81. The summed E-state index contributed by atoms with van der Waals surface area (Å²) in [5, 5.41) is 3.47. The number of benzene rings is 2. The van der Waals surface area contributed by atoms with Gasteiger partial charge in [-0.1, -0.05) is 57.2 Å². The van der Waals surface area contributed by atoms with Crippen molar-refractivity contribution < 1.29 is 4.74 Å². The first-order valence-corrected chi connectivity index (χ1v) is 7.56. The molecule has 1 aliphatic heterocycles. The first-order chi connectivity index (χ1) is 9.95. The van der Waals surface area contributed by atoms with Crippen LogP contribution in [0.2, 0.25) is 0 Å². The molecule has 0 bridgehead atoms. The Morgan fingerprint density at radius 3 is 2.43 bits per heavy atom. The molecule has 0 saturated carbocycles. The fraction of sp³-hybridized carbons (Fsp3) is 0.368. The van der Waals surface area contributed by atoms with Gasteiger partial charge in [0, 0.05) is 0 Å². The van der Waals surface area contributed by atoms with Gasteiger partial charge in [-0.15, -0.1) is 0 Å². The molecule has 2 nitrogen and oxygen atoms in total. The molecule has 21 heavy (non-hydrogen) atoms. The maximum absolute atomic E-state index is 6.21. The van der Waals surface area contributed by atoms with Crippen molar-refractivity contribution in [2.45, 2.75) is 39.2 Å². The third kappa shape index (κ3) is 2.76. The van der Waals surface area contributed by atoms with Crippen LogP contribution in [-0.4, -0.2) is 6.54 Å². The number of hydrogen-bond acceptors (Lipinski definition) is 2. The number of anilines is 1. The molecule has 2 aromatic carbocycles. The Bertz CT molecular complexity index is 638. The Balaban J connectivity index is 1.85. The van der Waals surface area contributed by atoms with E-state index in [0.717, 1.165) is 18.0 Å². The van der Waals surface area contributed by atoms with Gasteiger partial charge >= 0.3 is 0 Å². The van der Waals surface area contributed by atoms with E-state index >= 15 is 0 Å². The number of aryl methyl sites for hydroxylation is 1. The number of para-hydroxylation sites is 1. The molecule has 0 fully saturated rings. The van der Waals surface area contributed by atoms with Gasteiger partial charge in [-0.3, -0.25) is 0 Å². The molecular weight excluding hydrogens is 258 g/mol. The molecule has 1 unspecified atom stereocenters. The second kappa shape index (κ2) is 5.10. The SMILES string of the molecule is Cc1cccc2c1OC(c1ccc(C(C)(C)C)cc1)CN2. The smallest absolute Gasteiger partial charge is 0.146 e. The lowest BCUT2D eigenvalue weighted by Crippen LogP contribution is -2.24. The monoisotopic (exact) mass is 281 g/mol. The van der Waals surface area contributed by atoms with Gasteiger partial charge < -0.3 is 10.1 Å². The van der Waals surface area contributed by atoms with Crippen molar-refractivity contribution >= 4 is 5.69 Å². The molecule has 1 aliphatic rings. The van der Waals surface area contributed by atoms with Crippen molar-refractivity contribution in [3.8, 4) is 5.75 Å². The van der Waals surface area contributed by atoms with E-state index in [1.54, 1.807) is 0 Å². The van der Waals surface area contributed by atoms with Gasteiger partial charge in [-0.2, -0.15) is 0 Å². The molecule has 0 spiro atoms. The van der Waals surface area contributed by atoms with Crippen molar-refractivity contribution in [2.24, 2.45) is 0 Å². The quantitative estimate of drug-likeness (QED) is 0.807. The maximum atomic E-state index is 6.21. The Kier molecular flexibility index (Phi) is 3.40. The Morgan fingerprint density at radius 2 is 1.76 bits per heavy atom. The molecule has 110 valence electrons. The Labute approximate surface area is 127 Å². The van der Waals surface area contributed by atoms with Crippen LogP contribution < -0.4 is 10.1 Å². The topological polar surface area (TPSA) is 21.3 Å². The zero-order chi connectivity index (χ0) is 15.0. The fourth-order valence-corrected chi connectivity index (χ4v) is 2.72. The first-order valence-electron chi connectivity index (χ1n) is 7.56. The van der Waals surface area contributed by atoms with Gasteiger partial charge in [0.1, 0.15) is 11.9 Å². The van der Waals surface area contributed by atoms with E-state index in [4.69, 9.17) is 4.74 Å². The largest absolute Gasteiger partial charge is 0.481 e. The second-order valence-electron chi connectivity index (χ2n) is 6.81. The third-order valence-corrected chi connectivity index (χ3v) is 4.10. The van der Waals surface area contributed by atoms with E-state index in [-0.39, 0.29) is 11.5 Å². The van der Waals surface area contributed by atoms with E-state index in [2.05, 4.69) is 75.5 Å². The Hall–Kier alpha value is -1.96. The van der Waals surface area contributed by atoms with E-state index in [9.17, 15) is 0 Å². The minimum absolute atomic E-state index is 0.0765. The normalized spacial score (nSPS) is 17.6. The fourth-order valence-electron chi connectivity index (χ4n) is 2.72. The third-order valence-electron chi connectivity index (χ3n) is 4.10. The summed E-state index contributed by atoms with van der Waals surface area (Å²) < 4.78 is 6.21. The standard InChI is InChI=1S/C19H23NO/c1-13-6-5-7-16-18(13)21-17(12-20-16)14-8-10-15(11-9-14)19(2,3)4/h5-11,17,20H,12H2,1-4H3. The van der Waals surface area contributed by atoms with Crippen LogP contribution in [0.1, 0.15) is 43.6 Å². The number of rotatable bonds is 1. The predicted molar refractivity (Wildman–Crippen MR) is 88.2 cm³/mol.